The summed E-state index contributed by atoms with van der Waals surface area (Å²) in [7, 11) is 0. The first-order chi connectivity index (χ1) is 13.6. The number of carbonyl (C=O) groups excluding carboxylic acids is 1. The van der Waals surface area contributed by atoms with E-state index >= 15 is 0 Å². The van der Waals surface area contributed by atoms with E-state index in [0.717, 1.165) is 0 Å². The number of carboxylic acid groups (broad SMARTS) is 1. The molecule has 0 fully saturated rings. The summed E-state index contributed by atoms with van der Waals surface area (Å²) in [5, 5.41) is 26.4. The topological polar surface area (TPSA) is 95.9 Å². The molecule has 2 aliphatic rings. The number of aliphatic carboxylic acids is 1. The summed E-state index contributed by atoms with van der Waals surface area (Å²) in [5.41, 5.74) is -1.50. The molecule has 0 saturated carbocycles. The molecule has 1 aliphatic carbocycles. The number of ketones is 1. The fourth-order valence-corrected chi connectivity index (χ4v) is 4.13. The number of hydrogen-bond acceptors (Lipinski definition) is 6. The second-order valence-electron chi connectivity index (χ2n) is 6.12. The molecular formula is C21H15NO5S. The second-order valence-corrected chi connectivity index (χ2v) is 6.87. The summed E-state index contributed by atoms with van der Waals surface area (Å²) in [5.74, 6) is -2.53. The SMILES string of the molecule is O=C(O)C1=C(O)c2cscc2C(Oc2ccccc2)(C2=CC=CC=CN2)C1=O. The molecule has 4 rings (SSSR count). The van der Waals surface area contributed by atoms with Gasteiger partial charge in [-0.1, -0.05) is 30.4 Å². The molecule has 7 heteroatoms. The third-order valence-electron chi connectivity index (χ3n) is 4.51. The quantitative estimate of drug-likeness (QED) is 0.688. The van der Waals surface area contributed by atoms with Gasteiger partial charge >= 0.3 is 5.97 Å². The summed E-state index contributed by atoms with van der Waals surface area (Å²) < 4.78 is 6.21. The highest BCUT2D eigenvalue weighted by molar-refractivity contribution is 7.08. The van der Waals surface area contributed by atoms with Crippen LogP contribution in [-0.4, -0.2) is 22.0 Å². The van der Waals surface area contributed by atoms with E-state index in [2.05, 4.69) is 5.32 Å². The van der Waals surface area contributed by atoms with Gasteiger partial charge in [0, 0.05) is 22.7 Å². The maximum atomic E-state index is 13.5. The van der Waals surface area contributed by atoms with Crippen LogP contribution in [0.1, 0.15) is 11.1 Å². The van der Waals surface area contributed by atoms with Gasteiger partial charge in [0.15, 0.2) is 0 Å². The fraction of sp³-hybridized carbons (Fsp3) is 0.0476. The lowest BCUT2D eigenvalue weighted by molar-refractivity contribution is -0.138. The van der Waals surface area contributed by atoms with E-state index in [9.17, 15) is 19.8 Å². The fourth-order valence-electron chi connectivity index (χ4n) is 3.26. The highest BCUT2D eigenvalue weighted by Gasteiger charge is 2.55. The number of Topliss-reactive ketones (excluding diaryl/α,β-unsaturated/α-hetero) is 1. The number of rotatable bonds is 4. The van der Waals surface area contributed by atoms with Crippen molar-refractivity contribution in [2.24, 2.45) is 0 Å². The van der Waals surface area contributed by atoms with E-state index in [0.29, 0.717) is 17.0 Å². The zero-order valence-corrected chi connectivity index (χ0v) is 15.3. The van der Waals surface area contributed by atoms with Gasteiger partial charge in [-0.3, -0.25) is 4.79 Å². The van der Waals surface area contributed by atoms with Crippen LogP contribution in [-0.2, 0) is 15.2 Å². The van der Waals surface area contributed by atoms with Crippen LogP contribution in [0.4, 0.5) is 0 Å². The molecule has 1 unspecified atom stereocenters. The molecule has 1 aliphatic heterocycles. The molecule has 1 aromatic carbocycles. The molecular weight excluding hydrogens is 378 g/mol. The van der Waals surface area contributed by atoms with Crippen molar-refractivity contribution >= 4 is 28.8 Å². The lowest BCUT2D eigenvalue weighted by Crippen LogP contribution is -2.50. The number of carboxylic acids is 1. The smallest absolute Gasteiger partial charge is 0.343 e. The number of para-hydroxylation sites is 1. The Morgan fingerprint density at radius 1 is 1.11 bits per heavy atom. The van der Waals surface area contributed by atoms with Gasteiger partial charge in [0.1, 0.15) is 17.1 Å². The molecule has 0 spiro atoms. The number of aliphatic hydroxyl groups is 1. The lowest BCUT2D eigenvalue weighted by Gasteiger charge is -2.38. The normalized spacial score (nSPS) is 20.9. The van der Waals surface area contributed by atoms with Crippen molar-refractivity contribution in [2.75, 3.05) is 0 Å². The third kappa shape index (κ3) is 2.64. The van der Waals surface area contributed by atoms with Crippen LogP contribution < -0.4 is 10.1 Å². The number of allylic oxidation sites excluding steroid dienone is 4. The molecule has 0 saturated heterocycles. The van der Waals surface area contributed by atoms with Crippen molar-refractivity contribution < 1.29 is 24.5 Å². The number of benzene rings is 1. The van der Waals surface area contributed by atoms with Crippen LogP contribution in [0.2, 0.25) is 0 Å². The van der Waals surface area contributed by atoms with Gasteiger partial charge in [0.05, 0.1) is 5.70 Å². The van der Waals surface area contributed by atoms with Gasteiger partial charge in [-0.05, 0) is 29.7 Å². The molecule has 2 heterocycles. The molecule has 0 amide bonds. The van der Waals surface area contributed by atoms with E-state index in [1.807, 2.05) is 0 Å². The minimum atomic E-state index is -1.78. The standard InChI is InChI=1S/C21H15NO5S/c23-18-14-11-28-12-15(14)21(19(24)17(18)20(25)26,16-9-5-2-6-10-22-16)27-13-7-3-1-4-8-13/h1-12,22-23H,(H,25,26). The first kappa shape index (κ1) is 17.8. The molecule has 2 aromatic rings. The molecule has 1 aromatic heterocycles. The number of fused-ring (bicyclic) bond motifs is 1. The summed E-state index contributed by atoms with van der Waals surface area (Å²) in [4.78, 5) is 25.4. The zero-order valence-electron chi connectivity index (χ0n) is 14.5. The average molecular weight is 393 g/mol. The molecule has 0 radical (unpaired) electrons. The molecule has 140 valence electrons. The minimum absolute atomic E-state index is 0.262. The van der Waals surface area contributed by atoms with Crippen molar-refractivity contribution in [3.05, 3.63) is 94.0 Å². The van der Waals surface area contributed by atoms with Gasteiger partial charge in [0.2, 0.25) is 11.4 Å². The number of ether oxygens (including phenoxy) is 1. The van der Waals surface area contributed by atoms with E-state index in [-0.39, 0.29) is 5.56 Å². The van der Waals surface area contributed by atoms with Gasteiger partial charge in [-0.25, -0.2) is 4.79 Å². The maximum absolute atomic E-state index is 13.5. The molecule has 1 atom stereocenters. The van der Waals surface area contributed by atoms with Crippen molar-refractivity contribution in [1.29, 1.82) is 0 Å². The van der Waals surface area contributed by atoms with Crippen LogP contribution in [0.3, 0.4) is 0 Å². The maximum Gasteiger partial charge on any atom is 0.343 e. The van der Waals surface area contributed by atoms with Gasteiger partial charge < -0.3 is 20.3 Å². The Morgan fingerprint density at radius 3 is 2.64 bits per heavy atom. The average Bonchev–Trinajstić information content (AvgIpc) is 3.02. The summed E-state index contributed by atoms with van der Waals surface area (Å²) in [6.45, 7) is 0. The Bertz CT molecular complexity index is 1080. The summed E-state index contributed by atoms with van der Waals surface area (Å²) >= 11 is 1.25. The second kappa shape index (κ2) is 6.86. The Labute approximate surface area is 164 Å². The predicted molar refractivity (Wildman–Crippen MR) is 105 cm³/mol. The summed E-state index contributed by atoms with van der Waals surface area (Å²) in [6, 6.07) is 8.68. The van der Waals surface area contributed by atoms with Crippen LogP contribution in [0, 0.1) is 0 Å². The number of aliphatic hydroxyl groups excluding tert-OH is 1. The van der Waals surface area contributed by atoms with Crippen molar-refractivity contribution in [3.63, 3.8) is 0 Å². The molecule has 6 nitrogen and oxygen atoms in total. The Balaban J connectivity index is 2.01. The van der Waals surface area contributed by atoms with E-state index in [1.165, 1.54) is 11.3 Å². The minimum Gasteiger partial charge on any atom is -0.506 e. The van der Waals surface area contributed by atoms with Crippen LogP contribution >= 0.6 is 11.3 Å². The lowest BCUT2D eigenvalue weighted by atomic mass is 9.76. The van der Waals surface area contributed by atoms with Crippen LogP contribution in [0.5, 0.6) is 5.75 Å². The van der Waals surface area contributed by atoms with E-state index < -0.39 is 28.7 Å². The van der Waals surface area contributed by atoms with Crippen molar-refractivity contribution in [3.8, 4) is 5.75 Å². The van der Waals surface area contributed by atoms with Gasteiger partial charge in [-0.2, -0.15) is 11.3 Å². The number of carbonyl (C=O) groups is 2. The monoisotopic (exact) mass is 393 g/mol. The van der Waals surface area contributed by atoms with E-state index in [1.54, 1.807) is 71.6 Å². The van der Waals surface area contributed by atoms with Crippen molar-refractivity contribution in [1.82, 2.24) is 5.32 Å². The Hall–Kier alpha value is -3.58. The Morgan fingerprint density at radius 2 is 1.89 bits per heavy atom. The van der Waals surface area contributed by atoms with Gasteiger partial charge in [-0.15, -0.1) is 0 Å². The summed E-state index contributed by atoms with van der Waals surface area (Å²) in [6.07, 6.45) is 8.52. The van der Waals surface area contributed by atoms with E-state index in [4.69, 9.17) is 4.74 Å². The van der Waals surface area contributed by atoms with Crippen LogP contribution in [0.25, 0.3) is 5.76 Å². The first-order valence-electron chi connectivity index (χ1n) is 8.38. The number of nitrogens with one attached hydrogen (secondary N) is 1. The van der Waals surface area contributed by atoms with Gasteiger partial charge in [0.25, 0.3) is 0 Å². The molecule has 3 N–H and O–H groups in total. The largest absolute Gasteiger partial charge is 0.506 e. The Kier molecular flexibility index (Phi) is 4.37. The zero-order chi connectivity index (χ0) is 19.7. The van der Waals surface area contributed by atoms with Crippen LogP contribution in [0.15, 0.2) is 82.9 Å². The number of hydrogen-bond donors (Lipinski definition) is 3. The van der Waals surface area contributed by atoms with Crippen molar-refractivity contribution in [2.45, 2.75) is 5.60 Å². The first-order valence-corrected chi connectivity index (χ1v) is 9.33. The number of thiophene rings is 1. The highest BCUT2D eigenvalue weighted by Crippen LogP contribution is 2.46. The predicted octanol–water partition coefficient (Wildman–Crippen LogP) is 3.52. The third-order valence-corrected chi connectivity index (χ3v) is 5.25. The molecule has 28 heavy (non-hydrogen) atoms. The highest BCUT2D eigenvalue weighted by atomic mass is 32.1. The molecule has 0 bridgehead atoms.